The van der Waals surface area contributed by atoms with E-state index in [4.69, 9.17) is 5.11 Å². The second-order valence-electron chi connectivity index (χ2n) is 4.04. The molecule has 0 radical (unpaired) electrons. The molecular weight excluding hydrogens is 260 g/mol. The predicted molar refractivity (Wildman–Crippen MR) is 72.1 cm³/mol. The Bertz CT molecular complexity index is 676. The summed E-state index contributed by atoms with van der Waals surface area (Å²) in [5.41, 5.74) is 1.13. The van der Waals surface area contributed by atoms with Crippen LogP contribution in [0.2, 0.25) is 0 Å². The van der Waals surface area contributed by atoms with Crippen molar-refractivity contribution in [2.75, 3.05) is 5.32 Å². The van der Waals surface area contributed by atoms with Crippen LogP contribution in [-0.4, -0.2) is 31.7 Å². The van der Waals surface area contributed by atoms with Crippen LogP contribution in [0, 0.1) is 0 Å². The molecule has 2 heterocycles. The van der Waals surface area contributed by atoms with E-state index in [-0.39, 0.29) is 11.5 Å². The molecule has 0 saturated heterocycles. The third-order valence-corrected chi connectivity index (χ3v) is 2.40. The van der Waals surface area contributed by atoms with E-state index in [2.05, 4.69) is 15.4 Å². The van der Waals surface area contributed by atoms with Crippen LogP contribution in [0.4, 0.5) is 5.69 Å². The van der Waals surface area contributed by atoms with Crippen molar-refractivity contribution < 1.29 is 14.7 Å². The maximum absolute atomic E-state index is 11.7. The van der Waals surface area contributed by atoms with Crippen molar-refractivity contribution >= 4 is 23.6 Å². The van der Waals surface area contributed by atoms with E-state index in [1.165, 1.54) is 24.5 Å². The van der Waals surface area contributed by atoms with Crippen LogP contribution in [0.25, 0.3) is 6.08 Å². The SMILES string of the molecule is Cn1cc(C=CC(=O)Nc2cncc(C(=O)O)c2)cn1. The first-order valence-electron chi connectivity index (χ1n) is 5.70. The molecule has 2 N–H and O–H groups in total. The molecule has 2 rings (SSSR count). The minimum Gasteiger partial charge on any atom is -0.478 e. The van der Waals surface area contributed by atoms with Gasteiger partial charge in [0.25, 0.3) is 0 Å². The van der Waals surface area contributed by atoms with Crippen LogP contribution in [-0.2, 0) is 11.8 Å². The van der Waals surface area contributed by atoms with Gasteiger partial charge < -0.3 is 10.4 Å². The quantitative estimate of drug-likeness (QED) is 0.814. The zero-order valence-corrected chi connectivity index (χ0v) is 10.6. The van der Waals surface area contributed by atoms with E-state index in [9.17, 15) is 9.59 Å². The van der Waals surface area contributed by atoms with Gasteiger partial charge in [-0.1, -0.05) is 0 Å². The summed E-state index contributed by atoms with van der Waals surface area (Å²) < 4.78 is 1.62. The lowest BCUT2D eigenvalue weighted by Gasteiger charge is -2.02. The number of amides is 1. The standard InChI is InChI=1S/C13H12N4O3/c1-17-8-9(5-15-17)2-3-12(18)16-11-4-10(13(19)20)6-14-7-11/h2-8H,1H3,(H,16,18)(H,19,20). The van der Waals surface area contributed by atoms with E-state index >= 15 is 0 Å². The van der Waals surface area contributed by atoms with Gasteiger partial charge >= 0.3 is 5.97 Å². The molecule has 102 valence electrons. The van der Waals surface area contributed by atoms with Crippen molar-refractivity contribution in [3.05, 3.63) is 48.1 Å². The van der Waals surface area contributed by atoms with Crippen molar-refractivity contribution in [2.24, 2.45) is 7.05 Å². The largest absolute Gasteiger partial charge is 0.478 e. The average molecular weight is 272 g/mol. The Labute approximate surface area is 114 Å². The molecule has 20 heavy (non-hydrogen) atoms. The minimum atomic E-state index is -1.10. The highest BCUT2D eigenvalue weighted by Crippen LogP contribution is 2.08. The predicted octanol–water partition coefficient (Wildman–Crippen LogP) is 1.17. The summed E-state index contributed by atoms with van der Waals surface area (Å²) in [6, 6.07) is 1.34. The Hall–Kier alpha value is -2.96. The highest BCUT2D eigenvalue weighted by Gasteiger charge is 2.05. The smallest absolute Gasteiger partial charge is 0.337 e. The summed E-state index contributed by atoms with van der Waals surface area (Å²) in [4.78, 5) is 26.2. The normalized spacial score (nSPS) is 10.7. The molecule has 2 aromatic rings. The minimum absolute atomic E-state index is 0.0130. The van der Waals surface area contributed by atoms with Crippen LogP contribution in [0.5, 0.6) is 0 Å². The van der Waals surface area contributed by atoms with Crippen molar-refractivity contribution in [3.8, 4) is 0 Å². The fourth-order valence-electron chi connectivity index (χ4n) is 1.51. The molecular formula is C13H12N4O3. The van der Waals surface area contributed by atoms with Crippen molar-refractivity contribution in [1.29, 1.82) is 0 Å². The Morgan fingerprint density at radius 1 is 1.35 bits per heavy atom. The van der Waals surface area contributed by atoms with Gasteiger partial charge in [0.1, 0.15) is 0 Å². The Morgan fingerprint density at radius 3 is 2.80 bits per heavy atom. The summed E-state index contributed by atoms with van der Waals surface area (Å²) in [5.74, 6) is -1.47. The Kier molecular flexibility index (Phi) is 3.90. The van der Waals surface area contributed by atoms with Gasteiger partial charge in [-0.2, -0.15) is 5.10 Å². The van der Waals surface area contributed by atoms with Gasteiger partial charge in [-0.15, -0.1) is 0 Å². The van der Waals surface area contributed by atoms with Gasteiger partial charge in [0.15, 0.2) is 0 Å². The van der Waals surface area contributed by atoms with Gasteiger partial charge in [-0.25, -0.2) is 4.79 Å². The van der Waals surface area contributed by atoms with Crippen LogP contribution in [0.3, 0.4) is 0 Å². The Balaban J connectivity index is 2.02. The van der Waals surface area contributed by atoms with E-state index in [0.717, 1.165) is 5.56 Å². The number of aromatic carboxylic acids is 1. The first-order chi connectivity index (χ1) is 9.54. The number of nitrogens with zero attached hydrogens (tertiary/aromatic N) is 3. The molecule has 0 aliphatic heterocycles. The highest BCUT2D eigenvalue weighted by molar-refractivity contribution is 6.02. The number of carboxylic acid groups (broad SMARTS) is 1. The zero-order chi connectivity index (χ0) is 14.5. The first kappa shape index (κ1) is 13.5. The summed E-state index contributed by atoms with van der Waals surface area (Å²) in [6.07, 6.45) is 8.92. The van der Waals surface area contributed by atoms with Gasteiger partial charge in [0.2, 0.25) is 5.91 Å². The van der Waals surface area contributed by atoms with E-state index in [1.807, 2.05) is 0 Å². The van der Waals surface area contributed by atoms with Crippen molar-refractivity contribution in [1.82, 2.24) is 14.8 Å². The molecule has 0 bridgehead atoms. The van der Waals surface area contributed by atoms with Gasteiger partial charge in [-0.05, 0) is 12.1 Å². The van der Waals surface area contributed by atoms with Gasteiger partial charge in [0, 0.05) is 31.1 Å². The molecule has 0 aliphatic rings. The van der Waals surface area contributed by atoms with Crippen LogP contribution in [0.15, 0.2) is 36.9 Å². The van der Waals surface area contributed by atoms with E-state index in [0.29, 0.717) is 5.69 Å². The lowest BCUT2D eigenvalue weighted by Crippen LogP contribution is -2.09. The summed E-state index contributed by atoms with van der Waals surface area (Å²) in [5, 5.41) is 15.3. The molecule has 0 unspecified atom stereocenters. The summed E-state index contributed by atoms with van der Waals surface area (Å²) >= 11 is 0. The molecule has 0 aliphatic carbocycles. The van der Waals surface area contributed by atoms with Gasteiger partial charge in [-0.3, -0.25) is 14.5 Å². The molecule has 0 saturated carbocycles. The number of hydrogen-bond acceptors (Lipinski definition) is 4. The molecule has 7 heteroatoms. The van der Waals surface area contributed by atoms with E-state index in [1.54, 1.807) is 30.2 Å². The number of nitrogens with one attached hydrogen (secondary N) is 1. The lowest BCUT2D eigenvalue weighted by atomic mass is 10.2. The van der Waals surface area contributed by atoms with Crippen LogP contribution >= 0.6 is 0 Å². The first-order valence-corrected chi connectivity index (χ1v) is 5.70. The third kappa shape index (κ3) is 3.52. The van der Waals surface area contributed by atoms with Crippen LogP contribution in [0.1, 0.15) is 15.9 Å². The second-order valence-corrected chi connectivity index (χ2v) is 4.04. The molecule has 0 atom stereocenters. The number of rotatable bonds is 4. The fourth-order valence-corrected chi connectivity index (χ4v) is 1.51. The molecule has 0 aromatic carbocycles. The molecule has 1 amide bonds. The molecule has 7 nitrogen and oxygen atoms in total. The maximum Gasteiger partial charge on any atom is 0.337 e. The van der Waals surface area contributed by atoms with Crippen molar-refractivity contribution in [2.45, 2.75) is 0 Å². The third-order valence-electron chi connectivity index (χ3n) is 2.40. The monoisotopic (exact) mass is 272 g/mol. The number of hydrogen-bond donors (Lipinski definition) is 2. The lowest BCUT2D eigenvalue weighted by molar-refractivity contribution is -0.111. The van der Waals surface area contributed by atoms with Crippen molar-refractivity contribution in [3.63, 3.8) is 0 Å². The molecule has 0 fully saturated rings. The number of carbonyl (C=O) groups excluding carboxylic acids is 1. The van der Waals surface area contributed by atoms with E-state index < -0.39 is 5.97 Å². The molecule has 0 spiro atoms. The van der Waals surface area contributed by atoms with Crippen LogP contribution < -0.4 is 5.32 Å². The Morgan fingerprint density at radius 2 is 2.15 bits per heavy atom. The van der Waals surface area contributed by atoms with Gasteiger partial charge in [0.05, 0.1) is 23.6 Å². The second kappa shape index (κ2) is 5.79. The number of aryl methyl sites for hydroxylation is 1. The summed E-state index contributed by atoms with van der Waals surface area (Å²) in [6.45, 7) is 0. The number of carbonyl (C=O) groups is 2. The number of aromatic nitrogens is 3. The number of anilines is 1. The molecule has 2 aromatic heterocycles. The number of pyridine rings is 1. The summed E-state index contributed by atoms with van der Waals surface area (Å²) in [7, 11) is 1.78. The highest BCUT2D eigenvalue weighted by atomic mass is 16.4. The fraction of sp³-hybridized carbons (Fsp3) is 0.0769. The topological polar surface area (TPSA) is 97.1 Å². The maximum atomic E-state index is 11.7. The average Bonchev–Trinajstić information content (AvgIpc) is 2.82. The zero-order valence-electron chi connectivity index (χ0n) is 10.6. The number of carboxylic acids is 1.